The Morgan fingerprint density at radius 3 is 2.30 bits per heavy atom. The first-order chi connectivity index (χ1) is 17.7. The molecule has 6 rings (SSSR count). The zero-order valence-electron chi connectivity index (χ0n) is 20.9. The van der Waals surface area contributed by atoms with E-state index in [1.165, 1.54) is 19.3 Å². The number of benzene rings is 1. The third-order valence-corrected chi connectivity index (χ3v) is 8.51. The lowest BCUT2D eigenvalue weighted by molar-refractivity contribution is -0.141. The molecule has 2 amide bonds. The van der Waals surface area contributed by atoms with Gasteiger partial charge in [-0.3, -0.25) is 19.8 Å². The number of hydrogen-bond acceptors (Lipinski definition) is 6. The van der Waals surface area contributed by atoms with Crippen LogP contribution < -0.4 is 16.4 Å². The Labute approximate surface area is 215 Å². The van der Waals surface area contributed by atoms with Crippen molar-refractivity contribution in [2.75, 3.05) is 6.54 Å². The first-order valence-corrected chi connectivity index (χ1v) is 13.1. The van der Waals surface area contributed by atoms with Crippen LogP contribution in [0.25, 0.3) is 0 Å². The van der Waals surface area contributed by atoms with E-state index in [4.69, 9.17) is 16.0 Å². The molecular formula is C27H35N5O5. The zero-order valence-corrected chi connectivity index (χ0v) is 20.9. The number of hydrogen-bond donors (Lipinski definition) is 5. The van der Waals surface area contributed by atoms with Gasteiger partial charge in [-0.25, -0.2) is 0 Å². The number of oxime groups is 1. The summed E-state index contributed by atoms with van der Waals surface area (Å²) < 4.78 is 0. The van der Waals surface area contributed by atoms with E-state index in [-0.39, 0.29) is 17.7 Å². The molecule has 0 radical (unpaired) electrons. The van der Waals surface area contributed by atoms with E-state index in [9.17, 15) is 19.5 Å². The number of nitrogens with one attached hydrogen (secondary N) is 3. The molecule has 10 heteroatoms. The quantitative estimate of drug-likeness (QED) is 0.239. The summed E-state index contributed by atoms with van der Waals surface area (Å²) in [6, 6.07) is 5.88. The standard InChI is InChI=1S/C27H35N5O5/c28-25(29)19-3-1-18(2-4-19)21-8-20(37-32-21)9-23(33)31-22(10-24(34)35)26(36)30-14-27-11-15-5-16(12-27)7-17(6-15)13-27/h1-4,15-17,20,22H,5-14H2,(H3,28,29)(H,30,36)(H,31,33)(H,34,35). The summed E-state index contributed by atoms with van der Waals surface area (Å²) in [7, 11) is 0. The number of nitrogen functional groups attached to an aromatic ring is 1. The van der Waals surface area contributed by atoms with Gasteiger partial charge in [0.1, 0.15) is 18.0 Å². The van der Waals surface area contributed by atoms with Crippen molar-refractivity contribution in [3.8, 4) is 0 Å². The molecular weight excluding hydrogens is 474 g/mol. The molecule has 1 aromatic rings. The maximum absolute atomic E-state index is 13.0. The second kappa shape index (κ2) is 10.1. The lowest BCUT2D eigenvalue weighted by Gasteiger charge is -2.57. The number of aliphatic carboxylic acids is 1. The van der Waals surface area contributed by atoms with Gasteiger partial charge in [-0.05, 0) is 67.3 Å². The van der Waals surface area contributed by atoms with E-state index in [2.05, 4.69) is 15.8 Å². The molecule has 2 atom stereocenters. The molecule has 10 nitrogen and oxygen atoms in total. The predicted molar refractivity (Wildman–Crippen MR) is 136 cm³/mol. The van der Waals surface area contributed by atoms with Gasteiger partial charge in [0.15, 0.2) is 0 Å². The van der Waals surface area contributed by atoms with Gasteiger partial charge in [0.05, 0.1) is 18.6 Å². The average molecular weight is 510 g/mol. The summed E-state index contributed by atoms with van der Waals surface area (Å²) in [6.07, 6.45) is 6.69. The number of carboxylic acids is 1. The van der Waals surface area contributed by atoms with Crippen LogP contribution in [0.2, 0.25) is 0 Å². The molecule has 2 unspecified atom stereocenters. The van der Waals surface area contributed by atoms with Gasteiger partial charge in [0.2, 0.25) is 11.8 Å². The Bertz CT molecular complexity index is 1080. The minimum atomic E-state index is -1.15. The van der Waals surface area contributed by atoms with Crippen LogP contribution in [-0.4, -0.2) is 53.1 Å². The van der Waals surface area contributed by atoms with E-state index in [0.29, 0.717) is 24.2 Å². The Morgan fingerprint density at radius 2 is 1.73 bits per heavy atom. The molecule has 6 N–H and O–H groups in total. The Morgan fingerprint density at radius 1 is 1.11 bits per heavy atom. The van der Waals surface area contributed by atoms with Gasteiger partial charge in [0, 0.05) is 18.5 Å². The fourth-order valence-corrected chi connectivity index (χ4v) is 7.30. The van der Waals surface area contributed by atoms with Crippen molar-refractivity contribution in [3.05, 3.63) is 35.4 Å². The van der Waals surface area contributed by atoms with Gasteiger partial charge in [-0.15, -0.1) is 0 Å². The number of carboxylic acid groups (broad SMARTS) is 1. The highest BCUT2D eigenvalue weighted by Crippen LogP contribution is 2.59. The first-order valence-electron chi connectivity index (χ1n) is 13.1. The number of rotatable bonds is 10. The smallest absolute Gasteiger partial charge is 0.305 e. The van der Waals surface area contributed by atoms with Crippen molar-refractivity contribution in [1.29, 1.82) is 5.41 Å². The lowest BCUT2D eigenvalue weighted by Crippen LogP contribution is -2.54. The van der Waals surface area contributed by atoms with Gasteiger partial charge in [-0.1, -0.05) is 29.4 Å². The summed E-state index contributed by atoms with van der Waals surface area (Å²) >= 11 is 0. The summed E-state index contributed by atoms with van der Waals surface area (Å²) in [4.78, 5) is 42.6. The molecule has 1 aromatic carbocycles. The molecule has 0 aromatic heterocycles. The molecule has 198 valence electrons. The van der Waals surface area contributed by atoms with Crippen molar-refractivity contribution < 1.29 is 24.3 Å². The van der Waals surface area contributed by atoms with Gasteiger partial charge in [-0.2, -0.15) is 0 Å². The van der Waals surface area contributed by atoms with Crippen molar-refractivity contribution in [2.24, 2.45) is 34.1 Å². The lowest BCUT2D eigenvalue weighted by atomic mass is 9.49. The van der Waals surface area contributed by atoms with Gasteiger partial charge < -0.3 is 26.3 Å². The van der Waals surface area contributed by atoms with Crippen molar-refractivity contribution in [1.82, 2.24) is 10.6 Å². The molecule has 4 aliphatic carbocycles. The third kappa shape index (κ3) is 5.78. The first kappa shape index (κ1) is 25.2. The fourth-order valence-electron chi connectivity index (χ4n) is 7.30. The number of nitrogens with zero attached hydrogens (tertiary/aromatic N) is 1. The zero-order chi connectivity index (χ0) is 26.2. The molecule has 37 heavy (non-hydrogen) atoms. The van der Waals surface area contributed by atoms with E-state index >= 15 is 0 Å². The molecule has 0 spiro atoms. The summed E-state index contributed by atoms with van der Waals surface area (Å²) in [5.41, 5.74) is 7.69. The molecule has 4 saturated carbocycles. The Balaban J connectivity index is 1.13. The van der Waals surface area contributed by atoms with Crippen molar-refractivity contribution >= 4 is 29.3 Å². The van der Waals surface area contributed by atoms with E-state index in [1.807, 2.05) is 0 Å². The molecule has 4 bridgehead atoms. The molecule has 1 heterocycles. The molecule has 1 aliphatic heterocycles. The van der Waals surface area contributed by atoms with E-state index in [1.54, 1.807) is 24.3 Å². The number of amidine groups is 1. The number of nitrogens with two attached hydrogens (primary N) is 1. The van der Waals surface area contributed by atoms with Crippen LogP contribution >= 0.6 is 0 Å². The second-order valence-electron chi connectivity index (χ2n) is 11.5. The minimum Gasteiger partial charge on any atom is -0.481 e. The number of carbonyl (C=O) groups excluding carboxylic acids is 2. The topological polar surface area (TPSA) is 167 Å². The highest BCUT2D eigenvalue weighted by molar-refractivity contribution is 6.03. The Hall–Kier alpha value is -3.43. The summed E-state index contributed by atoms with van der Waals surface area (Å²) in [6.45, 7) is 0.548. The van der Waals surface area contributed by atoms with Crippen molar-refractivity contribution in [2.45, 2.75) is 69.9 Å². The second-order valence-corrected chi connectivity index (χ2v) is 11.5. The van der Waals surface area contributed by atoms with Crippen LogP contribution in [0.4, 0.5) is 0 Å². The monoisotopic (exact) mass is 509 g/mol. The van der Waals surface area contributed by atoms with Crippen LogP contribution in [-0.2, 0) is 19.2 Å². The average Bonchev–Trinajstić information content (AvgIpc) is 3.29. The van der Waals surface area contributed by atoms with Gasteiger partial charge in [0.25, 0.3) is 0 Å². The maximum Gasteiger partial charge on any atom is 0.305 e. The number of amides is 2. The Kier molecular flexibility index (Phi) is 6.92. The van der Waals surface area contributed by atoms with Crippen LogP contribution in [0.1, 0.15) is 68.9 Å². The van der Waals surface area contributed by atoms with Crippen LogP contribution in [0.15, 0.2) is 29.4 Å². The van der Waals surface area contributed by atoms with Crippen LogP contribution in [0, 0.1) is 28.6 Å². The van der Waals surface area contributed by atoms with Crippen molar-refractivity contribution in [3.63, 3.8) is 0 Å². The summed E-state index contributed by atoms with van der Waals surface area (Å²) in [5.74, 6) is 0.191. The molecule has 0 saturated heterocycles. The minimum absolute atomic E-state index is 0.0244. The van der Waals surface area contributed by atoms with Crippen LogP contribution in [0.5, 0.6) is 0 Å². The predicted octanol–water partition coefficient (Wildman–Crippen LogP) is 2.15. The van der Waals surface area contributed by atoms with Gasteiger partial charge >= 0.3 is 5.97 Å². The maximum atomic E-state index is 13.0. The molecule has 4 fully saturated rings. The SMILES string of the molecule is N=C(N)c1ccc(C2=NOC(CC(=O)NC(CC(=O)O)C(=O)NCC34CC5CC(CC(C5)C3)C4)C2)cc1. The fraction of sp³-hybridized carbons (Fsp3) is 0.593. The largest absolute Gasteiger partial charge is 0.481 e. The normalized spacial score (nSPS) is 30.2. The third-order valence-electron chi connectivity index (χ3n) is 8.51. The highest BCUT2D eigenvalue weighted by atomic mass is 16.6. The van der Waals surface area contributed by atoms with E-state index < -0.39 is 36.4 Å². The van der Waals surface area contributed by atoms with E-state index in [0.717, 1.165) is 42.6 Å². The highest BCUT2D eigenvalue weighted by Gasteiger charge is 2.50. The number of carbonyl (C=O) groups is 3. The summed E-state index contributed by atoms with van der Waals surface area (Å²) in [5, 5.41) is 26.5. The molecule has 5 aliphatic rings. The van der Waals surface area contributed by atoms with Crippen LogP contribution in [0.3, 0.4) is 0 Å².